The molecule has 0 aliphatic heterocycles. The Kier molecular flexibility index (Phi) is 6.61. The second-order valence-electron chi connectivity index (χ2n) is 7.73. The average molecular weight is 445 g/mol. The number of carbonyl (C=O) groups excluding carboxylic acids is 1. The first-order valence-corrected chi connectivity index (χ1v) is 11.4. The number of rotatable bonds is 7. The van der Waals surface area contributed by atoms with Crippen LogP contribution in [0, 0.1) is 5.92 Å². The number of aromatic nitrogens is 1. The number of hydrogen-bond donors (Lipinski definition) is 2. The number of hydrogen-bond acceptors (Lipinski definition) is 4. The topological polar surface area (TPSA) is 93.3 Å². The number of nitrogens with two attached hydrogens (primary N) is 1. The second kappa shape index (κ2) is 9.75. The highest BCUT2D eigenvalue weighted by Crippen LogP contribution is 2.39. The first kappa shape index (κ1) is 21.7. The summed E-state index contributed by atoms with van der Waals surface area (Å²) in [6, 6.07) is 10.2. The molecule has 162 valence electrons. The number of benzene rings is 1. The molecule has 0 saturated carbocycles. The first-order valence-electron chi connectivity index (χ1n) is 10.5. The molecule has 1 aromatic carbocycles. The van der Waals surface area contributed by atoms with Crippen LogP contribution in [0.2, 0.25) is 0 Å². The first-order chi connectivity index (χ1) is 15.5. The van der Waals surface area contributed by atoms with E-state index in [0.29, 0.717) is 12.8 Å². The molecular formula is C26H24N2O3S. The molecule has 0 fully saturated rings. The predicted octanol–water partition coefficient (Wildman–Crippen LogP) is 4.95. The maximum absolute atomic E-state index is 12.5. The maximum atomic E-state index is 12.5. The molecule has 2 aromatic rings. The summed E-state index contributed by atoms with van der Waals surface area (Å²) in [6.07, 6.45) is 15.9. The van der Waals surface area contributed by atoms with Crippen molar-refractivity contribution < 1.29 is 14.7 Å². The number of carboxylic acids is 1. The van der Waals surface area contributed by atoms with Crippen molar-refractivity contribution in [2.45, 2.75) is 25.7 Å². The van der Waals surface area contributed by atoms with Crippen molar-refractivity contribution in [3.63, 3.8) is 0 Å². The lowest BCUT2D eigenvalue weighted by molar-refractivity contribution is -0.137. The summed E-state index contributed by atoms with van der Waals surface area (Å²) in [5.41, 5.74) is 11.0. The number of carbonyl (C=O) groups is 2. The standard InChI is InChI=1S/C26H24N2O3S/c27-26(31)25-20(19-14-12-18(13-15-19)17-6-2-1-3-7-17)8-4-9-21(25)22-16-28-23(32-22)10-5-11-24(29)30/h1-4,6-9,12-14,16,25H,5,10-11,15H2,(H2,27,31)(H,29,30). The summed E-state index contributed by atoms with van der Waals surface area (Å²) >= 11 is 1.49. The van der Waals surface area contributed by atoms with Crippen molar-refractivity contribution in [3.05, 3.63) is 99.6 Å². The molecule has 2 aliphatic carbocycles. The van der Waals surface area contributed by atoms with Gasteiger partial charge in [0, 0.05) is 12.6 Å². The molecule has 1 heterocycles. The van der Waals surface area contributed by atoms with Crippen LogP contribution in [0.15, 0.2) is 84.1 Å². The summed E-state index contributed by atoms with van der Waals surface area (Å²) in [5, 5.41) is 9.69. The molecule has 0 radical (unpaired) electrons. The van der Waals surface area contributed by atoms with Crippen LogP contribution >= 0.6 is 11.3 Å². The Morgan fingerprint density at radius 3 is 2.66 bits per heavy atom. The van der Waals surface area contributed by atoms with Gasteiger partial charge in [-0.3, -0.25) is 9.59 Å². The summed E-state index contributed by atoms with van der Waals surface area (Å²) in [5.74, 6) is -1.74. The lowest BCUT2D eigenvalue weighted by atomic mass is 9.81. The van der Waals surface area contributed by atoms with E-state index in [4.69, 9.17) is 10.8 Å². The highest BCUT2D eigenvalue weighted by Gasteiger charge is 2.29. The normalized spacial score (nSPS) is 20.1. The minimum absolute atomic E-state index is 0.116. The monoisotopic (exact) mass is 444 g/mol. The zero-order chi connectivity index (χ0) is 22.5. The van der Waals surface area contributed by atoms with Crippen LogP contribution in [0.3, 0.4) is 0 Å². The van der Waals surface area contributed by atoms with Gasteiger partial charge in [0.05, 0.1) is 15.8 Å². The Bertz CT molecular complexity index is 1180. The van der Waals surface area contributed by atoms with Crippen LogP contribution in [-0.4, -0.2) is 22.0 Å². The van der Waals surface area contributed by atoms with Gasteiger partial charge in [0.2, 0.25) is 5.91 Å². The molecule has 1 unspecified atom stereocenters. The van der Waals surface area contributed by atoms with E-state index in [2.05, 4.69) is 35.3 Å². The van der Waals surface area contributed by atoms with Crippen molar-refractivity contribution in [3.8, 4) is 0 Å². The highest BCUT2D eigenvalue weighted by atomic mass is 32.1. The van der Waals surface area contributed by atoms with E-state index in [1.54, 1.807) is 6.20 Å². The van der Waals surface area contributed by atoms with Crippen molar-refractivity contribution in [1.29, 1.82) is 0 Å². The molecule has 5 nitrogen and oxygen atoms in total. The van der Waals surface area contributed by atoms with Crippen molar-refractivity contribution in [1.82, 2.24) is 4.98 Å². The highest BCUT2D eigenvalue weighted by molar-refractivity contribution is 7.12. The fourth-order valence-corrected chi connectivity index (χ4v) is 5.01. The maximum Gasteiger partial charge on any atom is 0.303 e. The van der Waals surface area contributed by atoms with E-state index in [-0.39, 0.29) is 6.42 Å². The summed E-state index contributed by atoms with van der Waals surface area (Å²) < 4.78 is 0. The van der Waals surface area contributed by atoms with E-state index < -0.39 is 17.8 Å². The SMILES string of the molecule is NC(=O)C1C(c2cnc(CCCC(=O)O)s2)=CC=CC1=C1C=CC(c2ccccc2)=CC1. The Morgan fingerprint density at radius 2 is 1.97 bits per heavy atom. The molecule has 4 rings (SSSR count). The van der Waals surface area contributed by atoms with Crippen LogP contribution in [0.25, 0.3) is 11.1 Å². The van der Waals surface area contributed by atoms with Crippen LogP contribution in [0.1, 0.15) is 34.7 Å². The Balaban J connectivity index is 1.57. The predicted molar refractivity (Wildman–Crippen MR) is 128 cm³/mol. The van der Waals surface area contributed by atoms with Gasteiger partial charge in [-0.2, -0.15) is 0 Å². The van der Waals surface area contributed by atoms with Gasteiger partial charge in [0.25, 0.3) is 0 Å². The van der Waals surface area contributed by atoms with Crippen molar-refractivity contribution in [2.75, 3.05) is 0 Å². The van der Waals surface area contributed by atoms with Gasteiger partial charge in [0.15, 0.2) is 0 Å². The molecule has 1 aromatic heterocycles. The smallest absolute Gasteiger partial charge is 0.303 e. The average Bonchev–Trinajstić information content (AvgIpc) is 3.28. The number of carboxylic acid groups (broad SMARTS) is 1. The molecule has 2 aliphatic rings. The van der Waals surface area contributed by atoms with Gasteiger partial charge in [-0.1, -0.05) is 66.8 Å². The third kappa shape index (κ3) is 4.86. The Hall–Kier alpha value is -3.51. The summed E-state index contributed by atoms with van der Waals surface area (Å²) in [4.78, 5) is 28.6. The zero-order valence-corrected chi connectivity index (χ0v) is 18.3. The third-order valence-electron chi connectivity index (χ3n) is 5.56. The van der Waals surface area contributed by atoms with E-state index in [1.807, 2.05) is 36.4 Å². The number of aryl methyl sites for hydroxylation is 1. The molecule has 3 N–H and O–H groups in total. The summed E-state index contributed by atoms with van der Waals surface area (Å²) in [7, 11) is 0. The third-order valence-corrected chi connectivity index (χ3v) is 6.67. The number of allylic oxidation sites excluding steroid dienone is 8. The molecular weight excluding hydrogens is 420 g/mol. The van der Waals surface area contributed by atoms with Gasteiger partial charge in [-0.15, -0.1) is 11.3 Å². The van der Waals surface area contributed by atoms with E-state index in [1.165, 1.54) is 16.9 Å². The Morgan fingerprint density at radius 1 is 1.16 bits per heavy atom. The fourth-order valence-electron chi connectivity index (χ4n) is 3.99. The number of amides is 1. The van der Waals surface area contributed by atoms with Gasteiger partial charge in [-0.05, 0) is 47.1 Å². The van der Waals surface area contributed by atoms with E-state index in [9.17, 15) is 9.59 Å². The largest absolute Gasteiger partial charge is 0.481 e. The van der Waals surface area contributed by atoms with Crippen LogP contribution in [0.5, 0.6) is 0 Å². The van der Waals surface area contributed by atoms with Gasteiger partial charge in [0.1, 0.15) is 0 Å². The lowest BCUT2D eigenvalue weighted by Crippen LogP contribution is -2.27. The quantitative estimate of drug-likeness (QED) is 0.632. The number of nitrogens with zero attached hydrogens (tertiary/aromatic N) is 1. The minimum Gasteiger partial charge on any atom is -0.481 e. The molecule has 32 heavy (non-hydrogen) atoms. The fraction of sp³-hybridized carbons (Fsp3) is 0.192. The molecule has 0 spiro atoms. The van der Waals surface area contributed by atoms with Crippen LogP contribution in [0.4, 0.5) is 0 Å². The zero-order valence-electron chi connectivity index (χ0n) is 17.5. The van der Waals surface area contributed by atoms with Crippen LogP contribution < -0.4 is 5.73 Å². The minimum atomic E-state index is -0.808. The van der Waals surface area contributed by atoms with Gasteiger partial charge in [-0.25, -0.2) is 4.98 Å². The molecule has 1 atom stereocenters. The van der Waals surface area contributed by atoms with Crippen molar-refractivity contribution in [2.24, 2.45) is 11.7 Å². The van der Waals surface area contributed by atoms with Crippen molar-refractivity contribution >= 4 is 34.4 Å². The lowest BCUT2D eigenvalue weighted by Gasteiger charge is -2.24. The molecule has 1 amide bonds. The number of primary amides is 1. The molecule has 0 saturated heterocycles. The van der Waals surface area contributed by atoms with Crippen LogP contribution in [-0.2, 0) is 16.0 Å². The Labute approximate surface area is 191 Å². The van der Waals surface area contributed by atoms with Gasteiger partial charge < -0.3 is 10.8 Å². The molecule has 0 bridgehead atoms. The van der Waals surface area contributed by atoms with Gasteiger partial charge >= 0.3 is 5.97 Å². The molecule has 6 heteroatoms. The number of aliphatic carboxylic acids is 1. The summed E-state index contributed by atoms with van der Waals surface area (Å²) in [6.45, 7) is 0. The van der Waals surface area contributed by atoms with E-state index >= 15 is 0 Å². The second-order valence-corrected chi connectivity index (χ2v) is 8.84. The number of thiazole rings is 1. The van der Waals surface area contributed by atoms with E-state index in [0.717, 1.165) is 38.6 Å².